The highest BCUT2D eigenvalue weighted by Gasteiger charge is 2.37. The van der Waals surface area contributed by atoms with Gasteiger partial charge in [-0.1, -0.05) is 12.1 Å². The summed E-state index contributed by atoms with van der Waals surface area (Å²) >= 11 is 0. The summed E-state index contributed by atoms with van der Waals surface area (Å²) in [5.74, 6) is -0.519. The molecule has 1 fully saturated rings. The molecule has 23 heavy (non-hydrogen) atoms. The summed E-state index contributed by atoms with van der Waals surface area (Å²) in [6, 6.07) is 6.89. The molecule has 1 aliphatic rings. The van der Waals surface area contributed by atoms with Gasteiger partial charge < -0.3 is 0 Å². The van der Waals surface area contributed by atoms with Crippen molar-refractivity contribution in [1.29, 1.82) is 0 Å². The average Bonchev–Trinajstić information content (AvgIpc) is 3.26. The number of aromatic nitrogens is 3. The lowest BCUT2D eigenvalue weighted by atomic mass is 10.1. The summed E-state index contributed by atoms with van der Waals surface area (Å²) in [4.78, 5) is 4.32. The van der Waals surface area contributed by atoms with Crippen LogP contribution in [0, 0.1) is 5.82 Å². The topological polar surface area (TPSA) is 30.7 Å². The predicted octanol–water partition coefficient (Wildman–Crippen LogP) is 4.46. The van der Waals surface area contributed by atoms with E-state index in [-0.39, 0.29) is 22.6 Å². The van der Waals surface area contributed by atoms with Crippen molar-refractivity contribution in [3.05, 3.63) is 53.6 Å². The Morgan fingerprint density at radius 3 is 2.52 bits per heavy atom. The molecular weight excluding hydrogens is 310 g/mol. The second-order valence-corrected chi connectivity index (χ2v) is 5.61. The van der Waals surface area contributed by atoms with Gasteiger partial charge >= 0.3 is 6.18 Å². The van der Waals surface area contributed by atoms with Crippen LogP contribution in [0.5, 0.6) is 0 Å². The van der Waals surface area contributed by atoms with E-state index in [1.807, 2.05) is 0 Å². The van der Waals surface area contributed by atoms with Crippen LogP contribution >= 0.6 is 0 Å². The maximum atomic E-state index is 14.0. The molecule has 0 bridgehead atoms. The van der Waals surface area contributed by atoms with Crippen LogP contribution in [-0.4, -0.2) is 14.8 Å². The van der Waals surface area contributed by atoms with Crippen molar-refractivity contribution < 1.29 is 17.6 Å². The lowest BCUT2D eigenvalue weighted by Crippen LogP contribution is -2.08. The second kappa shape index (κ2) is 4.78. The molecule has 4 rings (SSSR count). The number of alkyl halides is 3. The van der Waals surface area contributed by atoms with Crippen LogP contribution in [0.3, 0.4) is 0 Å². The molecule has 0 atom stereocenters. The largest absolute Gasteiger partial charge is 0.417 e. The van der Waals surface area contributed by atoms with Gasteiger partial charge in [-0.2, -0.15) is 18.3 Å². The van der Waals surface area contributed by atoms with Gasteiger partial charge in [0.2, 0.25) is 0 Å². The van der Waals surface area contributed by atoms with Crippen molar-refractivity contribution >= 4 is 11.0 Å². The average molecular weight is 321 g/mol. The molecule has 3 nitrogen and oxygen atoms in total. The number of nitrogens with zero attached hydrogens (tertiary/aromatic N) is 3. The molecule has 118 valence electrons. The van der Waals surface area contributed by atoms with Gasteiger partial charge in [0.25, 0.3) is 0 Å². The lowest BCUT2D eigenvalue weighted by molar-refractivity contribution is -0.136. The molecule has 0 spiro atoms. The molecule has 0 N–H and O–H groups in total. The minimum atomic E-state index is -4.51. The van der Waals surface area contributed by atoms with Crippen molar-refractivity contribution in [3.63, 3.8) is 0 Å². The normalized spacial score (nSPS) is 15.3. The van der Waals surface area contributed by atoms with Crippen molar-refractivity contribution in [2.45, 2.75) is 24.9 Å². The first-order valence-corrected chi connectivity index (χ1v) is 7.16. The number of fused-ring (bicyclic) bond motifs is 1. The highest BCUT2D eigenvalue weighted by molar-refractivity contribution is 5.81. The van der Waals surface area contributed by atoms with E-state index < -0.39 is 17.6 Å². The van der Waals surface area contributed by atoms with Crippen LogP contribution in [0.2, 0.25) is 0 Å². The third-order valence-corrected chi connectivity index (χ3v) is 3.94. The Balaban J connectivity index is 2.01. The van der Waals surface area contributed by atoms with Gasteiger partial charge in [-0.3, -0.25) is 0 Å². The zero-order valence-corrected chi connectivity index (χ0v) is 11.8. The summed E-state index contributed by atoms with van der Waals surface area (Å²) in [6.45, 7) is 0. The lowest BCUT2D eigenvalue weighted by Gasteiger charge is -2.11. The molecular formula is C16H11F4N3. The van der Waals surface area contributed by atoms with Crippen LogP contribution in [0.1, 0.15) is 30.0 Å². The SMILES string of the molecule is Fc1ccccc1-n1ncc2c(C(F)(F)F)cc(C3CC3)nc21. The van der Waals surface area contributed by atoms with Gasteiger partial charge in [-0.05, 0) is 31.0 Å². The number of halogens is 4. The first-order valence-electron chi connectivity index (χ1n) is 7.16. The molecule has 0 saturated heterocycles. The minimum Gasteiger partial charge on any atom is -0.233 e. The molecule has 0 radical (unpaired) electrons. The summed E-state index contributed by atoms with van der Waals surface area (Å²) in [5.41, 5.74) is -0.266. The van der Waals surface area contributed by atoms with E-state index in [4.69, 9.17) is 0 Å². The summed E-state index contributed by atoms with van der Waals surface area (Å²) in [7, 11) is 0. The van der Waals surface area contributed by atoms with E-state index in [0.29, 0.717) is 5.69 Å². The number of para-hydroxylation sites is 1. The van der Waals surface area contributed by atoms with Crippen LogP contribution in [0.4, 0.5) is 17.6 Å². The van der Waals surface area contributed by atoms with Gasteiger partial charge in [-0.15, -0.1) is 0 Å². The van der Waals surface area contributed by atoms with E-state index in [1.165, 1.54) is 18.2 Å². The molecule has 1 aliphatic carbocycles. The fourth-order valence-corrected chi connectivity index (χ4v) is 2.64. The molecule has 0 aliphatic heterocycles. The Bertz CT molecular complexity index is 894. The van der Waals surface area contributed by atoms with E-state index in [0.717, 1.165) is 29.8 Å². The van der Waals surface area contributed by atoms with E-state index in [1.54, 1.807) is 6.07 Å². The van der Waals surface area contributed by atoms with Crippen LogP contribution in [-0.2, 0) is 6.18 Å². The van der Waals surface area contributed by atoms with Gasteiger partial charge in [0.15, 0.2) is 5.65 Å². The van der Waals surface area contributed by atoms with Gasteiger partial charge in [-0.25, -0.2) is 14.1 Å². The molecule has 2 aromatic heterocycles. The first kappa shape index (κ1) is 14.2. The molecule has 1 aromatic carbocycles. The van der Waals surface area contributed by atoms with E-state index >= 15 is 0 Å². The zero-order chi connectivity index (χ0) is 16.2. The fourth-order valence-electron chi connectivity index (χ4n) is 2.64. The van der Waals surface area contributed by atoms with Crippen LogP contribution in [0.15, 0.2) is 36.5 Å². The van der Waals surface area contributed by atoms with Crippen molar-refractivity contribution in [2.75, 3.05) is 0 Å². The number of benzene rings is 1. The van der Waals surface area contributed by atoms with E-state index in [9.17, 15) is 17.6 Å². The van der Waals surface area contributed by atoms with Crippen molar-refractivity contribution in [2.24, 2.45) is 0 Å². The summed E-state index contributed by atoms with van der Waals surface area (Å²) < 4.78 is 55.1. The standard InChI is InChI=1S/C16H11F4N3/c17-12-3-1-2-4-14(12)23-15-10(8-21-23)11(16(18,19)20)7-13(22-15)9-5-6-9/h1-4,7-9H,5-6H2. The molecule has 2 heterocycles. The Morgan fingerprint density at radius 2 is 1.87 bits per heavy atom. The first-order chi connectivity index (χ1) is 10.9. The van der Waals surface area contributed by atoms with Gasteiger partial charge in [0.1, 0.15) is 11.5 Å². The maximum absolute atomic E-state index is 14.0. The van der Waals surface area contributed by atoms with Crippen LogP contribution in [0.25, 0.3) is 16.7 Å². The summed E-state index contributed by atoms with van der Waals surface area (Å²) in [5, 5.41) is 3.82. The molecule has 0 unspecified atom stereocenters. The van der Waals surface area contributed by atoms with Crippen molar-refractivity contribution in [1.82, 2.24) is 14.8 Å². The molecule has 3 aromatic rings. The third kappa shape index (κ3) is 2.36. The third-order valence-electron chi connectivity index (χ3n) is 3.94. The Hall–Kier alpha value is -2.44. The Kier molecular flexibility index (Phi) is 2.94. The second-order valence-electron chi connectivity index (χ2n) is 5.61. The number of hydrogen-bond donors (Lipinski definition) is 0. The van der Waals surface area contributed by atoms with E-state index in [2.05, 4.69) is 10.1 Å². The summed E-state index contributed by atoms with van der Waals surface area (Å²) in [6.07, 6.45) is -1.77. The number of pyridine rings is 1. The highest BCUT2D eigenvalue weighted by Crippen LogP contribution is 2.43. The maximum Gasteiger partial charge on any atom is 0.417 e. The number of rotatable bonds is 2. The number of hydrogen-bond acceptors (Lipinski definition) is 2. The monoisotopic (exact) mass is 321 g/mol. The quantitative estimate of drug-likeness (QED) is 0.653. The predicted molar refractivity (Wildman–Crippen MR) is 75.8 cm³/mol. The van der Waals surface area contributed by atoms with Crippen LogP contribution < -0.4 is 0 Å². The fraction of sp³-hybridized carbons (Fsp3) is 0.250. The minimum absolute atomic E-state index is 0.0341. The van der Waals surface area contributed by atoms with Gasteiger partial charge in [0, 0.05) is 11.6 Å². The smallest absolute Gasteiger partial charge is 0.233 e. The molecule has 1 saturated carbocycles. The Morgan fingerprint density at radius 1 is 1.13 bits per heavy atom. The molecule has 7 heteroatoms. The van der Waals surface area contributed by atoms with Crippen molar-refractivity contribution in [3.8, 4) is 5.69 Å². The molecule has 0 amide bonds. The zero-order valence-electron chi connectivity index (χ0n) is 11.8. The Labute approximate surface area is 128 Å². The highest BCUT2D eigenvalue weighted by atomic mass is 19.4. The van der Waals surface area contributed by atoms with Gasteiger partial charge in [0.05, 0.1) is 17.1 Å².